The Morgan fingerprint density at radius 1 is 1.60 bits per heavy atom. The average molecular weight is 250 g/mol. The van der Waals surface area contributed by atoms with Gasteiger partial charge < -0.3 is 4.52 Å². The van der Waals surface area contributed by atoms with E-state index in [-0.39, 0.29) is 6.10 Å². The molecule has 0 bridgehead atoms. The van der Waals surface area contributed by atoms with E-state index in [9.17, 15) is 4.57 Å². The summed E-state index contributed by atoms with van der Waals surface area (Å²) in [4.78, 5) is 1.01. The molecule has 5 heteroatoms. The van der Waals surface area contributed by atoms with Gasteiger partial charge in [-0.25, -0.2) is 0 Å². The lowest BCUT2D eigenvalue weighted by molar-refractivity contribution is 0.116. The lowest BCUT2D eigenvalue weighted by Gasteiger charge is -2.23. The fourth-order valence-corrected chi connectivity index (χ4v) is 4.93. The van der Waals surface area contributed by atoms with Gasteiger partial charge in [-0.3, -0.25) is 9.09 Å². The average Bonchev–Trinajstić information content (AvgIpc) is 2.19. The van der Waals surface area contributed by atoms with Crippen molar-refractivity contribution in [1.29, 1.82) is 0 Å². The largest absolute Gasteiger partial charge is 0.356 e. The Morgan fingerprint density at radius 3 is 2.67 bits per heavy atom. The molecule has 1 unspecified atom stereocenters. The first-order valence-corrected chi connectivity index (χ1v) is 7.74. The van der Waals surface area contributed by atoms with Gasteiger partial charge in [-0.05, 0) is 33.4 Å². The predicted octanol–water partition coefficient (Wildman–Crippen LogP) is 4.01. The van der Waals surface area contributed by atoms with Crippen molar-refractivity contribution in [1.82, 2.24) is 0 Å². The van der Waals surface area contributed by atoms with Crippen LogP contribution in [-0.2, 0) is 13.6 Å². The van der Waals surface area contributed by atoms with Gasteiger partial charge in [0.2, 0.25) is 0 Å². The Hall–Kier alpha value is 0.240. The molecule has 0 saturated heterocycles. The van der Waals surface area contributed by atoms with Gasteiger partial charge >= 0.3 is 7.60 Å². The van der Waals surface area contributed by atoms with E-state index in [1.165, 1.54) is 0 Å². The minimum absolute atomic E-state index is 0.0890. The molecule has 1 aliphatic rings. The van der Waals surface area contributed by atoms with Gasteiger partial charge in [0, 0.05) is 10.7 Å². The van der Waals surface area contributed by atoms with Crippen molar-refractivity contribution in [2.24, 2.45) is 0 Å². The Morgan fingerprint density at radius 2 is 2.20 bits per heavy atom. The molecule has 0 aliphatic carbocycles. The van der Waals surface area contributed by atoms with Crippen LogP contribution in [0.5, 0.6) is 0 Å². The van der Waals surface area contributed by atoms with Crippen LogP contribution in [-0.4, -0.2) is 17.5 Å². The minimum Gasteiger partial charge on any atom is -0.303 e. The van der Waals surface area contributed by atoms with Gasteiger partial charge in [0.1, 0.15) is 5.60 Å². The van der Waals surface area contributed by atoms with Gasteiger partial charge in [0.05, 0.1) is 6.10 Å². The second-order valence-electron chi connectivity index (χ2n) is 4.22. The quantitative estimate of drug-likeness (QED) is 0.706. The second-order valence-corrected chi connectivity index (χ2v) is 7.26. The minimum atomic E-state index is -3.02. The summed E-state index contributed by atoms with van der Waals surface area (Å²) in [7, 11) is -3.02. The van der Waals surface area contributed by atoms with Gasteiger partial charge in [0.25, 0.3) is 0 Å². The molecule has 0 aromatic heterocycles. The van der Waals surface area contributed by atoms with E-state index < -0.39 is 13.2 Å². The monoisotopic (exact) mass is 250 g/mol. The first-order valence-electron chi connectivity index (χ1n) is 5.14. The Kier molecular flexibility index (Phi) is 4.10. The van der Waals surface area contributed by atoms with Crippen molar-refractivity contribution in [3.05, 3.63) is 10.7 Å². The molecule has 15 heavy (non-hydrogen) atoms. The van der Waals surface area contributed by atoms with E-state index in [1.807, 2.05) is 27.7 Å². The molecular formula is C10H19O3PS. The van der Waals surface area contributed by atoms with Crippen molar-refractivity contribution < 1.29 is 13.6 Å². The summed E-state index contributed by atoms with van der Waals surface area (Å²) in [5, 5.41) is 0. The lowest BCUT2D eigenvalue weighted by Crippen LogP contribution is -2.20. The molecule has 0 spiro atoms. The highest BCUT2D eigenvalue weighted by atomic mass is 32.2. The van der Waals surface area contributed by atoms with E-state index >= 15 is 0 Å². The summed E-state index contributed by atoms with van der Waals surface area (Å²) in [6, 6.07) is 0. The Labute approximate surface area is 96.1 Å². The summed E-state index contributed by atoms with van der Waals surface area (Å²) < 4.78 is 23.1. The molecular weight excluding hydrogens is 231 g/mol. The number of thioether (sulfide) groups is 1. The van der Waals surface area contributed by atoms with E-state index in [0.717, 1.165) is 10.7 Å². The SMILES string of the molecule is CCSC1=CP(=O)(OC(C)C)OC1(C)C. The topological polar surface area (TPSA) is 35.5 Å². The van der Waals surface area contributed by atoms with Gasteiger partial charge in [-0.15, -0.1) is 11.8 Å². The zero-order chi connectivity index (χ0) is 11.7. The van der Waals surface area contributed by atoms with E-state index in [1.54, 1.807) is 17.6 Å². The molecule has 0 radical (unpaired) electrons. The third-order valence-corrected chi connectivity index (χ3v) is 5.27. The van der Waals surface area contributed by atoms with Gasteiger partial charge in [-0.2, -0.15) is 0 Å². The highest BCUT2D eigenvalue weighted by Crippen LogP contribution is 2.63. The number of hydrogen-bond donors (Lipinski definition) is 0. The number of hydrogen-bond acceptors (Lipinski definition) is 4. The third-order valence-electron chi connectivity index (χ3n) is 1.88. The normalized spacial score (nSPS) is 29.6. The van der Waals surface area contributed by atoms with Crippen LogP contribution in [0.1, 0.15) is 34.6 Å². The first kappa shape index (κ1) is 13.3. The Bertz CT molecular complexity index is 310. The van der Waals surface area contributed by atoms with Crippen LogP contribution in [0.2, 0.25) is 0 Å². The van der Waals surface area contributed by atoms with E-state index in [4.69, 9.17) is 9.05 Å². The van der Waals surface area contributed by atoms with Crippen molar-refractivity contribution in [3.63, 3.8) is 0 Å². The molecule has 0 N–H and O–H groups in total. The summed E-state index contributed by atoms with van der Waals surface area (Å²) in [5.41, 5.74) is -0.481. The molecule has 0 amide bonds. The van der Waals surface area contributed by atoms with Crippen molar-refractivity contribution in [2.45, 2.75) is 46.3 Å². The summed E-state index contributed by atoms with van der Waals surface area (Å²) in [6.45, 7) is 9.62. The molecule has 0 aromatic carbocycles. The fourth-order valence-electron chi connectivity index (χ4n) is 1.40. The third kappa shape index (κ3) is 3.35. The molecule has 0 fully saturated rings. The van der Waals surface area contributed by atoms with Crippen LogP contribution in [0.3, 0.4) is 0 Å². The summed E-state index contributed by atoms with van der Waals surface area (Å²) in [5.74, 6) is 2.61. The van der Waals surface area contributed by atoms with Crippen molar-refractivity contribution in [2.75, 3.05) is 5.75 Å². The smallest absolute Gasteiger partial charge is 0.303 e. The standard InChI is InChI=1S/C10H19O3PS/c1-6-15-9-7-14(11,12-8(2)3)13-10(9,4)5/h7-8H,6H2,1-5H3. The molecule has 1 heterocycles. The van der Waals surface area contributed by atoms with Crippen molar-refractivity contribution >= 4 is 19.4 Å². The first-order chi connectivity index (χ1) is 6.79. The van der Waals surface area contributed by atoms with Crippen molar-refractivity contribution in [3.8, 4) is 0 Å². The fraction of sp³-hybridized carbons (Fsp3) is 0.800. The highest BCUT2D eigenvalue weighted by molar-refractivity contribution is 8.03. The Balaban J connectivity index is 2.86. The molecule has 1 atom stereocenters. The van der Waals surface area contributed by atoms with Gasteiger partial charge in [0.15, 0.2) is 0 Å². The highest BCUT2D eigenvalue weighted by Gasteiger charge is 2.42. The maximum atomic E-state index is 12.2. The molecule has 3 nitrogen and oxygen atoms in total. The predicted molar refractivity (Wildman–Crippen MR) is 65.2 cm³/mol. The molecule has 1 rings (SSSR count). The van der Waals surface area contributed by atoms with Crippen LogP contribution in [0.4, 0.5) is 0 Å². The zero-order valence-corrected chi connectivity index (χ0v) is 11.7. The summed E-state index contributed by atoms with van der Waals surface area (Å²) in [6.07, 6.45) is -0.0890. The van der Waals surface area contributed by atoms with Crippen LogP contribution in [0.25, 0.3) is 0 Å². The molecule has 1 aliphatic heterocycles. The lowest BCUT2D eigenvalue weighted by atomic mass is 10.1. The van der Waals surface area contributed by atoms with Crippen LogP contribution in [0, 0.1) is 0 Å². The zero-order valence-electron chi connectivity index (χ0n) is 9.94. The summed E-state index contributed by atoms with van der Waals surface area (Å²) >= 11 is 1.66. The molecule has 88 valence electrons. The van der Waals surface area contributed by atoms with Crippen LogP contribution >= 0.6 is 19.4 Å². The van der Waals surface area contributed by atoms with E-state index in [0.29, 0.717) is 0 Å². The van der Waals surface area contributed by atoms with Crippen LogP contribution < -0.4 is 0 Å². The molecule has 0 aromatic rings. The van der Waals surface area contributed by atoms with Gasteiger partial charge in [-0.1, -0.05) is 6.92 Å². The maximum absolute atomic E-state index is 12.2. The second kappa shape index (κ2) is 4.62. The number of rotatable bonds is 4. The molecule has 0 saturated carbocycles. The van der Waals surface area contributed by atoms with E-state index in [2.05, 4.69) is 6.92 Å². The maximum Gasteiger partial charge on any atom is 0.356 e. The van der Waals surface area contributed by atoms with Crippen LogP contribution in [0.15, 0.2) is 10.7 Å².